The van der Waals surface area contributed by atoms with Gasteiger partial charge in [-0.25, -0.2) is 4.68 Å². The molecule has 0 spiro atoms. The third-order valence-electron chi connectivity index (χ3n) is 4.57. The summed E-state index contributed by atoms with van der Waals surface area (Å²) >= 11 is 0. The zero-order valence-corrected chi connectivity index (χ0v) is 16.3. The molecule has 0 aliphatic rings. The Labute approximate surface area is 168 Å². The van der Waals surface area contributed by atoms with Crippen molar-refractivity contribution in [2.24, 2.45) is 0 Å². The van der Waals surface area contributed by atoms with E-state index >= 15 is 0 Å². The van der Waals surface area contributed by atoms with Crippen LogP contribution < -0.4 is 10.1 Å². The summed E-state index contributed by atoms with van der Waals surface area (Å²) in [5.74, 6) is -0.102. The number of hydrogen-bond acceptors (Lipinski definition) is 5. The average Bonchev–Trinajstić information content (AvgIpc) is 3.11. The minimum Gasteiger partial charge on any atom is -0.496 e. The summed E-state index contributed by atoms with van der Waals surface area (Å²) in [7, 11) is 1.42. The summed E-state index contributed by atoms with van der Waals surface area (Å²) in [6.45, 7) is 2.39. The number of methoxy groups -OCH3 is 1. The van der Waals surface area contributed by atoms with E-state index in [9.17, 15) is 14.9 Å². The highest BCUT2D eigenvalue weighted by Crippen LogP contribution is 2.23. The molecule has 0 radical (unpaired) electrons. The second-order valence-corrected chi connectivity index (χ2v) is 6.52. The Morgan fingerprint density at radius 3 is 2.69 bits per heavy atom. The zero-order valence-electron chi connectivity index (χ0n) is 16.3. The molecule has 0 aliphatic carbocycles. The maximum atomic E-state index is 12.4. The van der Waals surface area contributed by atoms with Crippen LogP contribution in [0, 0.1) is 17.0 Å². The lowest BCUT2D eigenvalue weighted by Gasteiger charge is -2.09. The summed E-state index contributed by atoms with van der Waals surface area (Å²) < 4.78 is 6.99. The SMILES string of the molecule is COc1ccc([N+](=O)[O-])cc1C(=O)NCCCc1cn(-c2ccccc2)nc1C. The van der Waals surface area contributed by atoms with Gasteiger partial charge in [0.15, 0.2) is 0 Å². The van der Waals surface area contributed by atoms with Gasteiger partial charge in [0, 0.05) is 24.9 Å². The maximum Gasteiger partial charge on any atom is 0.270 e. The number of ether oxygens (including phenoxy) is 1. The molecule has 1 aromatic heterocycles. The summed E-state index contributed by atoms with van der Waals surface area (Å²) in [6.07, 6.45) is 3.46. The van der Waals surface area contributed by atoms with Crippen LogP contribution in [0.5, 0.6) is 5.75 Å². The van der Waals surface area contributed by atoms with Gasteiger partial charge in [-0.15, -0.1) is 0 Å². The standard InChI is InChI=1S/C21H22N4O4/c1-15-16(14-24(23-15)17-8-4-3-5-9-17)7-6-12-22-21(26)19-13-18(25(27)28)10-11-20(19)29-2/h3-5,8-11,13-14H,6-7,12H2,1-2H3,(H,22,26). The number of non-ortho nitro benzene ring substituents is 1. The molecule has 1 amide bonds. The van der Waals surface area contributed by atoms with Crippen molar-refractivity contribution in [2.75, 3.05) is 13.7 Å². The average molecular weight is 394 g/mol. The van der Waals surface area contributed by atoms with Gasteiger partial charge in [-0.3, -0.25) is 14.9 Å². The van der Waals surface area contributed by atoms with Crippen LogP contribution in [0.1, 0.15) is 28.0 Å². The zero-order chi connectivity index (χ0) is 20.8. The number of carbonyl (C=O) groups excluding carboxylic acids is 1. The molecule has 0 aliphatic heterocycles. The molecule has 0 saturated carbocycles. The van der Waals surface area contributed by atoms with Gasteiger partial charge in [0.05, 0.1) is 29.0 Å². The number of nitrogens with zero attached hydrogens (tertiary/aromatic N) is 3. The van der Waals surface area contributed by atoms with Crippen LogP contribution in [0.15, 0.2) is 54.7 Å². The van der Waals surface area contributed by atoms with Gasteiger partial charge in [0.25, 0.3) is 11.6 Å². The molecule has 1 N–H and O–H groups in total. The highest BCUT2D eigenvalue weighted by Gasteiger charge is 2.17. The fourth-order valence-electron chi connectivity index (χ4n) is 3.02. The number of benzene rings is 2. The fraction of sp³-hybridized carbons (Fsp3) is 0.238. The third-order valence-corrected chi connectivity index (χ3v) is 4.57. The van der Waals surface area contributed by atoms with E-state index < -0.39 is 10.8 Å². The van der Waals surface area contributed by atoms with Crippen LogP contribution in [-0.2, 0) is 6.42 Å². The molecular formula is C21H22N4O4. The van der Waals surface area contributed by atoms with E-state index in [2.05, 4.69) is 10.4 Å². The first-order valence-corrected chi connectivity index (χ1v) is 9.21. The summed E-state index contributed by atoms with van der Waals surface area (Å²) in [6, 6.07) is 13.8. The molecule has 29 heavy (non-hydrogen) atoms. The molecule has 1 heterocycles. The number of nitro benzene ring substituents is 1. The lowest BCUT2D eigenvalue weighted by Crippen LogP contribution is -2.25. The van der Waals surface area contributed by atoms with Crippen molar-refractivity contribution in [3.8, 4) is 11.4 Å². The molecule has 0 fully saturated rings. The van der Waals surface area contributed by atoms with Crippen molar-refractivity contribution < 1.29 is 14.5 Å². The Bertz CT molecular complexity index is 1010. The first-order chi connectivity index (χ1) is 14.0. The number of nitro groups is 1. The van der Waals surface area contributed by atoms with Crippen molar-refractivity contribution in [1.82, 2.24) is 15.1 Å². The molecule has 3 aromatic rings. The minimum absolute atomic E-state index is 0.148. The predicted molar refractivity (Wildman–Crippen MR) is 109 cm³/mol. The number of hydrogen-bond donors (Lipinski definition) is 1. The van der Waals surface area contributed by atoms with Gasteiger partial charge in [-0.05, 0) is 43.5 Å². The van der Waals surface area contributed by atoms with Gasteiger partial charge in [0.1, 0.15) is 5.75 Å². The normalized spacial score (nSPS) is 10.6. The molecule has 8 nitrogen and oxygen atoms in total. The Kier molecular flexibility index (Phi) is 6.23. The van der Waals surface area contributed by atoms with E-state index in [-0.39, 0.29) is 11.3 Å². The van der Waals surface area contributed by atoms with Gasteiger partial charge < -0.3 is 10.1 Å². The topological polar surface area (TPSA) is 99.3 Å². The van der Waals surface area contributed by atoms with Crippen molar-refractivity contribution in [2.45, 2.75) is 19.8 Å². The minimum atomic E-state index is -0.538. The van der Waals surface area contributed by atoms with Crippen molar-refractivity contribution in [1.29, 1.82) is 0 Å². The van der Waals surface area contributed by atoms with Gasteiger partial charge in [-0.2, -0.15) is 5.10 Å². The highest BCUT2D eigenvalue weighted by molar-refractivity contribution is 5.97. The second-order valence-electron chi connectivity index (χ2n) is 6.52. The quantitative estimate of drug-likeness (QED) is 0.358. The van der Waals surface area contributed by atoms with Crippen LogP contribution in [-0.4, -0.2) is 34.3 Å². The van der Waals surface area contributed by atoms with E-state index in [1.165, 1.54) is 25.3 Å². The maximum absolute atomic E-state index is 12.4. The first-order valence-electron chi connectivity index (χ1n) is 9.21. The number of amides is 1. The van der Waals surface area contributed by atoms with E-state index in [1.54, 1.807) is 0 Å². The number of para-hydroxylation sites is 1. The van der Waals surface area contributed by atoms with Crippen LogP contribution in [0.25, 0.3) is 5.69 Å². The van der Waals surface area contributed by atoms with Gasteiger partial charge in [0.2, 0.25) is 0 Å². The van der Waals surface area contributed by atoms with Crippen LogP contribution in [0.2, 0.25) is 0 Å². The van der Waals surface area contributed by atoms with Crippen LogP contribution >= 0.6 is 0 Å². The van der Waals surface area contributed by atoms with Crippen LogP contribution in [0.4, 0.5) is 5.69 Å². The highest BCUT2D eigenvalue weighted by atomic mass is 16.6. The number of carbonyl (C=O) groups is 1. The molecule has 150 valence electrons. The molecule has 0 bridgehead atoms. The Hall–Kier alpha value is -3.68. The fourth-order valence-corrected chi connectivity index (χ4v) is 3.02. The van der Waals surface area contributed by atoms with E-state index in [1.807, 2.05) is 48.1 Å². The van der Waals surface area contributed by atoms with E-state index in [0.29, 0.717) is 18.7 Å². The van der Waals surface area contributed by atoms with Crippen molar-refractivity contribution in [3.05, 3.63) is 81.7 Å². The van der Waals surface area contributed by atoms with Crippen molar-refractivity contribution >= 4 is 11.6 Å². The van der Waals surface area contributed by atoms with Crippen LogP contribution in [0.3, 0.4) is 0 Å². The van der Waals surface area contributed by atoms with Crippen molar-refractivity contribution in [3.63, 3.8) is 0 Å². The monoisotopic (exact) mass is 394 g/mol. The summed E-state index contributed by atoms with van der Waals surface area (Å²) in [5, 5.41) is 18.3. The summed E-state index contributed by atoms with van der Waals surface area (Å²) in [4.78, 5) is 22.9. The second kappa shape index (κ2) is 9.01. The Morgan fingerprint density at radius 1 is 1.24 bits per heavy atom. The lowest BCUT2D eigenvalue weighted by molar-refractivity contribution is -0.384. The lowest BCUT2D eigenvalue weighted by atomic mass is 10.1. The molecule has 0 saturated heterocycles. The van der Waals surface area contributed by atoms with Gasteiger partial charge >= 0.3 is 0 Å². The molecule has 2 aromatic carbocycles. The molecule has 0 unspecified atom stereocenters. The Balaban J connectivity index is 1.59. The number of rotatable bonds is 8. The largest absolute Gasteiger partial charge is 0.496 e. The van der Waals surface area contributed by atoms with Gasteiger partial charge in [-0.1, -0.05) is 18.2 Å². The van der Waals surface area contributed by atoms with E-state index in [4.69, 9.17) is 4.74 Å². The Morgan fingerprint density at radius 2 is 2.00 bits per heavy atom. The predicted octanol–water partition coefficient (Wildman–Crippen LogP) is 3.46. The number of aromatic nitrogens is 2. The first kappa shape index (κ1) is 20.1. The smallest absolute Gasteiger partial charge is 0.270 e. The molecule has 0 atom stereocenters. The summed E-state index contributed by atoms with van der Waals surface area (Å²) in [5.41, 5.74) is 3.04. The third kappa shape index (κ3) is 4.78. The number of nitrogens with one attached hydrogen (secondary N) is 1. The molecular weight excluding hydrogens is 372 g/mol. The molecule has 3 rings (SSSR count). The van der Waals surface area contributed by atoms with E-state index in [0.717, 1.165) is 23.4 Å². The molecule has 8 heteroatoms. The number of aryl methyl sites for hydroxylation is 2.